The highest BCUT2D eigenvalue weighted by molar-refractivity contribution is 7.90. The van der Waals surface area contributed by atoms with Crippen LogP contribution in [0.15, 0.2) is 53.7 Å². The molecule has 0 saturated heterocycles. The van der Waals surface area contributed by atoms with Crippen molar-refractivity contribution >= 4 is 15.9 Å². The van der Waals surface area contributed by atoms with Crippen LogP contribution in [0.25, 0.3) is 0 Å². The number of nitrogens with zero attached hydrogens (tertiary/aromatic N) is 3. The lowest BCUT2D eigenvalue weighted by atomic mass is 9.98. The molecule has 0 aliphatic heterocycles. The molecule has 1 aromatic carbocycles. The number of amides is 1. The second-order valence-electron chi connectivity index (χ2n) is 7.43. The van der Waals surface area contributed by atoms with Gasteiger partial charge in [-0.15, -0.1) is 0 Å². The van der Waals surface area contributed by atoms with Crippen LogP contribution in [0, 0.1) is 0 Å². The van der Waals surface area contributed by atoms with Crippen molar-refractivity contribution < 1.29 is 27.8 Å². The van der Waals surface area contributed by atoms with Gasteiger partial charge in [0.05, 0.1) is 26.4 Å². The zero-order chi connectivity index (χ0) is 23.5. The van der Waals surface area contributed by atoms with Crippen molar-refractivity contribution in [1.82, 2.24) is 19.5 Å². The van der Waals surface area contributed by atoms with Crippen LogP contribution < -0.4 is 14.2 Å². The summed E-state index contributed by atoms with van der Waals surface area (Å²) in [4.78, 5) is 16.6. The number of aromatic nitrogens is 3. The Morgan fingerprint density at radius 2 is 1.94 bits per heavy atom. The molecule has 3 aromatic rings. The van der Waals surface area contributed by atoms with Crippen LogP contribution in [0.4, 0.5) is 0 Å². The number of benzene rings is 1. The van der Waals surface area contributed by atoms with Gasteiger partial charge in [-0.2, -0.15) is 5.10 Å². The Kier molecular flexibility index (Phi) is 6.51. The molecule has 0 bridgehead atoms. The number of methoxy groups -OCH3 is 2. The van der Waals surface area contributed by atoms with Gasteiger partial charge in [0, 0.05) is 18.0 Å². The number of aliphatic hydroxyl groups is 1. The van der Waals surface area contributed by atoms with E-state index in [1.807, 2.05) is 4.72 Å². The van der Waals surface area contributed by atoms with E-state index in [1.165, 1.54) is 46.3 Å². The number of sulfonamides is 1. The largest absolute Gasteiger partial charge is 0.495 e. The summed E-state index contributed by atoms with van der Waals surface area (Å²) in [5.41, 5.74) is -0.434. The number of pyridine rings is 1. The monoisotopic (exact) mass is 460 g/mol. The smallest absolute Gasteiger partial charge is 0.283 e. The van der Waals surface area contributed by atoms with Crippen LogP contribution in [-0.4, -0.2) is 48.4 Å². The SMILES string of the molecule is COc1ccc(C(C)(C)O)cc1S(=O)(=O)NC(=O)c1ccc(Cn2cccn2)c(OC)n1. The van der Waals surface area contributed by atoms with E-state index < -0.39 is 21.5 Å². The van der Waals surface area contributed by atoms with Crippen molar-refractivity contribution in [2.45, 2.75) is 30.9 Å². The molecule has 170 valence electrons. The molecule has 0 aliphatic carbocycles. The van der Waals surface area contributed by atoms with Crippen LogP contribution in [0.5, 0.6) is 11.6 Å². The fourth-order valence-electron chi connectivity index (χ4n) is 2.96. The van der Waals surface area contributed by atoms with Crippen molar-refractivity contribution in [3.63, 3.8) is 0 Å². The van der Waals surface area contributed by atoms with Gasteiger partial charge in [-0.1, -0.05) is 6.07 Å². The lowest BCUT2D eigenvalue weighted by molar-refractivity contribution is 0.0783. The first-order chi connectivity index (χ1) is 15.0. The molecule has 10 nitrogen and oxygen atoms in total. The average Bonchev–Trinajstić information content (AvgIpc) is 3.25. The van der Waals surface area contributed by atoms with Crippen LogP contribution in [0.3, 0.4) is 0 Å². The number of nitrogens with one attached hydrogen (secondary N) is 1. The van der Waals surface area contributed by atoms with E-state index in [-0.39, 0.29) is 22.2 Å². The van der Waals surface area contributed by atoms with Crippen molar-refractivity contribution in [3.8, 4) is 11.6 Å². The fourth-order valence-corrected chi connectivity index (χ4v) is 4.11. The van der Waals surface area contributed by atoms with Crippen LogP contribution >= 0.6 is 0 Å². The normalized spacial score (nSPS) is 11.8. The second-order valence-corrected chi connectivity index (χ2v) is 9.08. The van der Waals surface area contributed by atoms with Gasteiger partial charge < -0.3 is 14.6 Å². The molecule has 32 heavy (non-hydrogen) atoms. The van der Waals surface area contributed by atoms with Gasteiger partial charge in [-0.05, 0) is 49.7 Å². The van der Waals surface area contributed by atoms with Crippen molar-refractivity contribution in [2.24, 2.45) is 0 Å². The summed E-state index contributed by atoms with van der Waals surface area (Å²) in [5.74, 6) is -0.741. The third-order valence-electron chi connectivity index (χ3n) is 4.64. The highest BCUT2D eigenvalue weighted by Crippen LogP contribution is 2.30. The van der Waals surface area contributed by atoms with E-state index >= 15 is 0 Å². The Morgan fingerprint density at radius 3 is 2.53 bits per heavy atom. The molecule has 0 fully saturated rings. The van der Waals surface area contributed by atoms with E-state index in [9.17, 15) is 18.3 Å². The highest BCUT2D eigenvalue weighted by Gasteiger charge is 2.27. The zero-order valence-corrected chi connectivity index (χ0v) is 18.9. The average molecular weight is 461 g/mol. The quantitative estimate of drug-likeness (QED) is 0.519. The predicted octanol–water partition coefficient (Wildman–Crippen LogP) is 1.69. The van der Waals surface area contributed by atoms with E-state index in [1.54, 1.807) is 35.3 Å². The first kappa shape index (κ1) is 23.2. The van der Waals surface area contributed by atoms with Gasteiger partial charge in [0.2, 0.25) is 5.88 Å². The second kappa shape index (κ2) is 8.97. The van der Waals surface area contributed by atoms with Crippen LogP contribution in [0.2, 0.25) is 0 Å². The number of carbonyl (C=O) groups excluding carboxylic acids is 1. The Morgan fingerprint density at radius 1 is 1.19 bits per heavy atom. The number of carbonyl (C=O) groups is 1. The maximum atomic E-state index is 12.9. The van der Waals surface area contributed by atoms with Gasteiger partial charge in [-0.3, -0.25) is 9.48 Å². The molecular formula is C21H24N4O6S. The highest BCUT2D eigenvalue weighted by atomic mass is 32.2. The molecule has 0 spiro atoms. The zero-order valence-electron chi connectivity index (χ0n) is 18.1. The summed E-state index contributed by atoms with van der Waals surface area (Å²) in [6.45, 7) is 3.40. The van der Waals surface area contributed by atoms with Gasteiger partial charge >= 0.3 is 0 Å². The number of ether oxygens (including phenoxy) is 2. The lowest BCUT2D eigenvalue weighted by Crippen LogP contribution is -2.32. The van der Waals surface area contributed by atoms with E-state index in [2.05, 4.69) is 10.1 Å². The summed E-state index contributed by atoms with van der Waals surface area (Å²) >= 11 is 0. The van der Waals surface area contributed by atoms with E-state index in [0.29, 0.717) is 17.7 Å². The molecule has 0 unspecified atom stereocenters. The standard InChI is InChI=1S/C21H24N4O6S/c1-21(2,27)15-7-9-17(30-3)18(12-15)32(28,29)24-19(26)16-8-6-14(20(23-16)31-4)13-25-11-5-10-22-25/h5-12,27H,13H2,1-4H3,(H,24,26). The van der Waals surface area contributed by atoms with Gasteiger partial charge in [0.25, 0.3) is 15.9 Å². The van der Waals surface area contributed by atoms with Crippen LogP contribution in [-0.2, 0) is 22.2 Å². The lowest BCUT2D eigenvalue weighted by Gasteiger charge is -2.20. The molecule has 0 aliphatic rings. The fraction of sp³-hybridized carbons (Fsp3) is 0.286. The molecule has 11 heteroatoms. The molecule has 2 N–H and O–H groups in total. The number of hydrogen-bond acceptors (Lipinski definition) is 8. The van der Waals surface area contributed by atoms with E-state index in [0.717, 1.165) is 0 Å². The van der Waals surface area contributed by atoms with Crippen molar-refractivity contribution in [3.05, 3.63) is 65.6 Å². The molecule has 2 aromatic heterocycles. The maximum absolute atomic E-state index is 12.9. The minimum absolute atomic E-state index is 0.0263. The van der Waals surface area contributed by atoms with Crippen molar-refractivity contribution in [2.75, 3.05) is 14.2 Å². The number of hydrogen-bond donors (Lipinski definition) is 2. The molecule has 2 heterocycles. The van der Waals surface area contributed by atoms with Crippen LogP contribution in [0.1, 0.15) is 35.5 Å². The van der Waals surface area contributed by atoms with Gasteiger partial charge in [-0.25, -0.2) is 18.1 Å². The Balaban J connectivity index is 1.89. The number of rotatable bonds is 8. The molecular weight excluding hydrogens is 436 g/mol. The molecule has 0 atom stereocenters. The Labute approximate surface area is 185 Å². The molecule has 1 amide bonds. The Hall–Kier alpha value is -3.44. The Bertz CT molecular complexity index is 1220. The molecule has 3 rings (SSSR count). The summed E-state index contributed by atoms with van der Waals surface area (Å²) in [7, 11) is -1.62. The van der Waals surface area contributed by atoms with Crippen molar-refractivity contribution in [1.29, 1.82) is 0 Å². The predicted molar refractivity (Wildman–Crippen MR) is 115 cm³/mol. The van der Waals surface area contributed by atoms with Gasteiger partial charge in [0.1, 0.15) is 16.3 Å². The first-order valence-corrected chi connectivity index (χ1v) is 11.0. The third kappa shape index (κ3) is 5.06. The van der Waals surface area contributed by atoms with Gasteiger partial charge in [0.15, 0.2) is 0 Å². The summed E-state index contributed by atoms with van der Waals surface area (Å²) < 4.78 is 39.9. The summed E-state index contributed by atoms with van der Waals surface area (Å²) in [6, 6.07) is 9.01. The maximum Gasteiger partial charge on any atom is 0.283 e. The molecule has 0 saturated carbocycles. The molecule has 0 radical (unpaired) electrons. The first-order valence-electron chi connectivity index (χ1n) is 9.54. The minimum Gasteiger partial charge on any atom is -0.495 e. The minimum atomic E-state index is -4.33. The van der Waals surface area contributed by atoms with E-state index in [4.69, 9.17) is 9.47 Å². The summed E-state index contributed by atoms with van der Waals surface area (Å²) in [6.07, 6.45) is 3.40. The third-order valence-corrected chi connectivity index (χ3v) is 6.00. The topological polar surface area (TPSA) is 133 Å². The summed E-state index contributed by atoms with van der Waals surface area (Å²) in [5, 5.41) is 14.3.